The average molecular weight is 157 g/mol. The van der Waals surface area contributed by atoms with Crippen LogP contribution in [0.5, 0.6) is 0 Å². The zero-order valence-corrected chi connectivity index (χ0v) is 6.40. The topological polar surface area (TPSA) is 17.1 Å². The van der Waals surface area contributed by atoms with Crippen LogP contribution in [0.25, 0.3) is 0 Å². The fraction of sp³-hybridized carbons (Fsp3) is 0.125. The van der Waals surface area contributed by atoms with Crippen molar-refractivity contribution in [1.82, 2.24) is 0 Å². The molecule has 54 valence electrons. The summed E-state index contributed by atoms with van der Waals surface area (Å²) in [6.07, 6.45) is 5.10. The maximum absolute atomic E-state index is 10.3. The van der Waals surface area contributed by atoms with Crippen molar-refractivity contribution in [3.05, 3.63) is 37.0 Å². The van der Waals surface area contributed by atoms with Crippen LogP contribution < -0.4 is 0 Å². The lowest BCUT2D eigenvalue weighted by Gasteiger charge is -1.92. The molecule has 0 aromatic carbocycles. The quantitative estimate of drug-likeness (QED) is 0.452. The number of halogens is 1. The Morgan fingerprint density at radius 2 is 2.10 bits per heavy atom. The van der Waals surface area contributed by atoms with E-state index in [9.17, 15) is 4.79 Å². The molecule has 0 fully saturated rings. The smallest absolute Gasteiger partial charge is 0.226 e. The van der Waals surface area contributed by atoms with Crippen LogP contribution in [0.3, 0.4) is 0 Å². The third kappa shape index (κ3) is 4.10. The molecule has 0 amide bonds. The Labute approximate surface area is 65.7 Å². The maximum atomic E-state index is 10.3. The molecular formula is C8H9ClO. The minimum Gasteiger partial charge on any atom is -0.281 e. The van der Waals surface area contributed by atoms with E-state index in [0.717, 1.165) is 5.57 Å². The second kappa shape index (κ2) is 5.00. The normalized spacial score (nSPS) is 10.7. The summed E-state index contributed by atoms with van der Waals surface area (Å²) < 4.78 is 0. The molecule has 0 aliphatic heterocycles. The van der Waals surface area contributed by atoms with Crippen molar-refractivity contribution in [2.45, 2.75) is 6.42 Å². The van der Waals surface area contributed by atoms with Gasteiger partial charge in [-0.05, 0) is 17.2 Å². The molecule has 0 aromatic rings. The van der Waals surface area contributed by atoms with Gasteiger partial charge in [-0.25, -0.2) is 0 Å². The lowest BCUT2D eigenvalue weighted by Crippen LogP contribution is -1.86. The summed E-state index contributed by atoms with van der Waals surface area (Å²) in [6.45, 7) is 6.98. The number of hydrogen-bond donors (Lipinski definition) is 0. The molecule has 10 heavy (non-hydrogen) atoms. The van der Waals surface area contributed by atoms with Crippen molar-refractivity contribution < 1.29 is 4.79 Å². The van der Waals surface area contributed by atoms with Gasteiger partial charge in [0.15, 0.2) is 0 Å². The number of hydrogen-bond acceptors (Lipinski definition) is 1. The Balaban J connectivity index is 4.08. The Morgan fingerprint density at radius 1 is 1.50 bits per heavy atom. The summed E-state index contributed by atoms with van der Waals surface area (Å²) in [7, 11) is 0. The van der Waals surface area contributed by atoms with Crippen molar-refractivity contribution >= 4 is 16.8 Å². The molecule has 2 heteroatoms. The minimum atomic E-state index is -0.381. The number of rotatable bonds is 4. The second-order valence-electron chi connectivity index (χ2n) is 1.71. The van der Waals surface area contributed by atoms with Gasteiger partial charge in [0.25, 0.3) is 0 Å². The molecule has 0 saturated heterocycles. The van der Waals surface area contributed by atoms with Crippen molar-refractivity contribution in [3.63, 3.8) is 0 Å². The monoisotopic (exact) mass is 156 g/mol. The molecule has 0 heterocycles. The highest BCUT2D eigenvalue weighted by Crippen LogP contribution is 2.04. The van der Waals surface area contributed by atoms with Crippen LogP contribution in [0.15, 0.2) is 37.0 Å². The SMILES string of the molecule is C=C/C=C(\C=C)CC(=O)Cl. The Hall–Kier alpha value is -0.820. The van der Waals surface area contributed by atoms with E-state index in [1.807, 2.05) is 0 Å². The minimum absolute atomic E-state index is 0.219. The largest absolute Gasteiger partial charge is 0.281 e. The summed E-state index contributed by atoms with van der Waals surface area (Å²) in [5, 5.41) is -0.381. The van der Waals surface area contributed by atoms with Crippen LogP contribution in [0, 0.1) is 0 Å². The van der Waals surface area contributed by atoms with E-state index in [1.54, 1.807) is 18.2 Å². The highest BCUT2D eigenvalue weighted by atomic mass is 35.5. The molecule has 0 atom stereocenters. The Kier molecular flexibility index (Phi) is 4.59. The van der Waals surface area contributed by atoms with Gasteiger partial charge >= 0.3 is 0 Å². The molecule has 0 spiro atoms. The van der Waals surface area contributed by atoms with Crippen molar-refractivity contribution in [2.24, 2.45) is 0 Å². The molecule has 0 unspecified atom stereocenters. The summed E-state index contributed by atoms with van der Waals surface area (Å²) in [4.78, 5) is 10.3. The average Bonchev–Trinajstić information content (AvgIpc) is 1.86. The van der Waals surface area contributed by atoms with Gasteiger partial charge in [0, 0.05) is 6.42 Å². The molecule has 0 aromatic heterocycles. The maximum Gasteiger partial charge on any atom is 0.226 e. The van der Waals surface area contributed by atoms with Gasteiger partial charge < -0.3 is 0 Å². The van der Waals surface area contributed by atoms with Crippen LogP contribution in [-0.4, -0.2) is 5.24 Å². The highest BCUT2D eigenvalue weighted by Gasteiger charge is 1.96. The van der Waals surface area contributed by atoms with Crippen LogP contribution in [0.1, 0.15) is 6.42 Å². The van der Waals surface area contributed by atoms with E-state index in [0.29, 0.717) is 0 Å². The molecule has 0 saturated carbocycles. The van der Waals surface area contributed by atoms with E-state index in [1.165, 1.54) is 0 Å². The second-order valence-corrected chi connectivity index (χ2v) is 2.13. The van der Waals surface area contributed by atoms with Gasteiger partial charge in [0.2, 0.25) is 5.24 Å². The first-order valence-corrected chi connectivity index (χ1v) is 3.21. The Morgan fingerprint density at radius 3 is 2.40 bits per heavy atom. The van der Waals surface area contributed by atoms with E-state index < -0.39 is 0 Å². The lowest BCUT2D eigenvalue weighted by molar-refractivity contribution is -0.111. The molecule has 0 rings (SSSR count). The molecule has 1 nitrogen and oxygen atoms in total. The zero-order chi connectivity index (χ0) is 7.98. The van der Waals surface area contributed by atoms with Gasteiger partial charge in [0.05, 0.1) is 0 Å². The Bertz CT molecular complexity index is 180. The van der Waals surface area contributed by atoms with E-state index in [4.69, 9.17) is 11.6 Å². The van der Waals surface area contributed by atoms with Crippen LogP contribution in [0.4, 0.5) is 0 Å². The van der Waals surface area contributed by atoms with Gasteiger partial charge in [-0.1, -0.05) is 31.4 Å². The first-order valence-electron chi connectivity index (χ1n) is 2.83. The predicted octanol–water partition coefficient (Wildman–Crippen LogP) is 2.44. The number of allylic oxidation sites excluding steroid dienone is 4. The summed E-state index contributed by atoms with van der Waals surface area (Å²) in [5.74, 6) is 0. The summed E-state index contributed by atoms with van der Waals surface area (Å²) in [6, 6.07) is 0. The molecule has 0 radical (unpaired) electrons. The van der Waals surface area contributed by atoms with Gasteiger partial charge in [-0.3, -0.25) is 4.79 Å². The fourth-order valence-electron chi connectivity index (χ4n) is 0.511. The predicted molar refractivity (Wildman–Crippen MR) is 44.0 cm³/mol. The molecule has 0 aliphatic carbocycles. The standard InChI is InChI=1S/C8H9ClO/c1-3-5-7(4-2)6-8(9)10/h3-5H,1-2,6H2/b7-5+. The van der Waals surface area contributed by atoms with E-state index >= 15 is 0 Å². The van der Waals surface area contributed by atoms with E-state index in [2.05, 4.69) is 13.2 Å². The molecule has 0 N–H and O–H groups in total. The number of carbonyl (C=O) groups is 1. The van der Waals surface area contributed by atoms with E-state index in [-0.39, 0.29) is 11.7 Å². The van der Waals surface area contributed by atoms with Crippen molar-refractivity contribution in [3.8, 4) is 0 Å². The first-order chi connectivity index (χ1) is 4.70. The van der Waals surface area contributed by atoms with Gasteiger partial charge in [0.1, 0.15) is 0 Å². The first kappa shape index (κ1) is 9.18. The molecule has 0 bridgehead atoms. The van der Waals surface area contributed by atoms with Crippen LogP contribution in [-0.2, 0) is 4.79 Å². The third-order valence-electron chi connectivity index (χ3n) is 0.937. The fourth-order valence-corrected chi connectivity index (χ4v) is 0.665. The lowest BCUT2D eigenvalue weighted by atomic mass is 10.2. The van der Waals surface area contributed by atoms with Crippen molar-refractivity contribution in [1.29, 1.82) is 0 Å². The highest BCUT2D eigenvalue weighted by molar-refractivity contribution is 6.63. The summed E-state index contributed by atoms with van der Waals surface area (Å²) >= 11 is 5.13. The molecule has 0 aliphatic rings. The van der Waals surface area contributed by atoms with Gasteiger partial charge in [-0.2, -0.15) is 0 Å². The zero-order valence-electron chi connectivity index (χ0n) is 5.64. The summed E-state index contributed by atoms with van der Waals surface area (Å²) in [5.41, 5.74) is 0.787. The third-order valence-corrected chi connectivity index (χ3v) is 1.07. The van der Waals surface area contributed by atoms with Crippen LogP contribution >= 0.6 is 11.6 Å². The van der Waals surface area contributed by atoms with Gasteiger partial charge in [-0.15, -0.1) is 0 Å². The van der Waals surface area contributed by atoms with Crippen molar-refractivity contribution in [2.75, 3.05) is 0 Å². The van der Waals surface area contributed by atoms with Crippen LogP contribution in [0.2, 0.25) is 0 Å². The number of carbonyl (C=O) groups excluding carboxylic acids is 1. The molecular weight excluding hydrogens is 148 g/mol.